The van der Waals surface area contributed by atoms with Gasteiger partial charge in [0.25, 0.3) is 0 Å². The van der Waals surface area contributed by atoms with Gasteiger partial charge in [0.1, 0.15) is 11.6 Å². The van der Waals surface area contributed by atoms with Crippen LogP contribution in [0.25, 0.3) is 0 Å². The Balaban J connectivity index is -0.000000108. The first-order chi connectivity index (χ1) is 9.38. The van der Waals surface area contributed by atoms with Crippen LogP contribution in [-0.4, -0.2) is 33.3 Å². The Bertz CT molecular complexity index is 387. The minimum Gasteiger partial charge on any atom is -0.512 e. The largest absolute Gasteiger partial charge is 0.512 e. The summed E-state index contributed by atoms with van der Waals surface area (Å²) in [5, 5.41) is 16.7. The zero-order valence-corrected chi connectivity index (χ0v) is 15.2. The number of hydrogen-bond donors (Lipinski definition) is 2. The minimum absolute atomic E-state index is 0. The van der Waals surface area contributed by atoms with Crippen LogP contribution in [0.3, 0.4) is 0 Å². The maximum Gasteiger partial charge on any atom is 0.155 e. The van der Waals surface area contributed by atoms with Gasteiger partial charge in [-0.3, -0.25) is 19.2 Å². The van der Waals surface area contributed by atoms with Crippen LogP contribution in [0.5, 0.6) is 0 Å². The summed E-state index contributed by atoms with van der Waals surface area (Å²) in [4.78, 5) is 40.1. The Labute approximate surface area is 143 Å². The number of hydrogen-bond acceptors (Lipinski definition) is 6. The van der Waals surface area contributed by atoms with E-state index in [0.717, 1.165) is 0 Å². The number of carbonyl (C=O) groups excluding carboxylic acids is 4. The van der Waals surface area contributed by atoms with Crippen molar-refractivity contribution in [3.05, 3.63) is 23.7 Å². The fraction of sp³-hybridized carbons (Fsp3) is 0.467. The predicted octanol–water partition coefficient (Wildman–Crippen LogP) is 2.63. The molecule has 0 amide bonds. The van der Waals surface area contributed by atoms with Gasteiger partial charge in [-0.2, -0.15) is 0 Å². The Kier molecular flexibility index (Phi) is 22.5. The topological polar surface area (TPSA) is 109 Å². The van der Waals surface area contributed by atoms with Crippen molar-refractivity contribution in [3.8, 4) is 0 Å². The van der Waals surface area contributed by atoms with E-state index in [9.17, 15) is 19.2 Å². The van der Waals surface area contributed by atoms with E-state index in [1.54, 1.807) is 0 Å². The van der Waals surface area contributed by atoms with Crippen LogP contribution in [0.4, 0.5) is 0 Å². The molecule has 0 saturated carbocycles. The molecule has 0 aromatic carbocycles. The third-order valence-corrected chi connectivity index (χ3v) is 1.32. The molecule has 0 spiro atoms. The van der Waals surface area contributed by atoms with Gasteiger partial charge in [0.05, 0.1) is 17.9 Å². The van der Waals surface area contributed by atoms with Gasteiger partial charge in [-0.1, -0.05) is 0 Å². The summed E-state index contributed by atoms with van der Waals surface area (Å²) in [6.45, 7) is 8.50. The van der Waals surface area contributed by atoms with E-state index in [-0.39, 0.29) is 59.6 Å². The van der Waals surface area contributed by atoms with E-state index in [4.69, 9.17) is 10.2 Å². The molecule has 22 heavy (non-hydrogen) atoms. The summed E-state index contributed by atoms with van der Waals surface area (Å²) in [7, 11) is 0. The van der Waals surface area contributed by atoms with Crippen molar-refractivity contribution in [1.29, 1.82) is 0 Å². The van der Waals surface area contributed by atoms with Gasteiger partial charge in [0.2, 0.25) is 0 Å². The van der Waals surface area contributed by atoms with Crippen LogP contribution in [0.2, 0.25) is 0 Å². The summed E-state index contributed by atoms with van der Waals surface area (Å²) in [5.41, 5.74) is 0. The van der Waals surface area contributed by atoms with Gasteiger partial charge < -0.3 is 10.2 Å². The molecule has 0 atom stereocenters. The standard InChI is InChI=1S/3C5H8O2.V/c3*1-4(6)3-5(2)7;/h3H2,1-2H3;2*3,6H,1-2H3;. The Morgan fingerprint density at radius 2 is 0.909 bits per heavy atom. The van der Waals surface area contributed by atoms with Crippen LogP contribution in [0, 0.1) is 0 Å². The Morgan fingerprint density at radius 3 is 0.909 bits per heavy atom. The van der Waals surface area contributed by atoms with Gasteiger partial charge in [-0.05, 0) is 41.5 Å². The molecule has 0 fully saturated rings. The Hall–Kier alpha value is -1.66. The molecular formula is C15H24O6V. The first-order valence-electron chi connectivity index (χ1n) is 6.13. The average Bonchev–Trinajstić information content (AvgIpc) is 2.10. The number of aliphatic hydroxyl groups is 2. The fourth-order valence-electron chi connectivity index (χ4n) is 0.939. The minimum atomic E-state index is -0.125. The number of Topliss-reactive ketones (excluding diaryl/α,β-unsaturated/α-hetero) is 2. The predicted molar refractivity (Wildman–Crippen MR) is 80.1 cm³/mol. The molecule has 0 aliphatic heterocycles. The Morgan fingerprint density at radius 1 is 0.682 bits per heavy atom. The van der Waals surface area contributed by atoms with Gasteiger partial charge in [0.15, 0.2) is 11.6 Å². The van der Waals surface area contributed by atoms with Crippen LogP contribution in [0.15, 0.2) is 23.7 Å². The van der Waals surface area contributed by atoms with Crippen molar-refractivity contribution >= 4 is 23.1 Å². The molecule has 0 aliphatic rings. The van der Waals surface area contributed by atoms with Gasteiger partial charge in [0, 0.05) is 30.7 Å². The van der Waals surface area contributed by atoms with Gasteiger partial charge in [-0.25, -0.2) is 0 Å². The normalized spacial score (nSPS) is 9.91. The number of ketones is 4. The van der Waals surface area contributed by atoms with E-state index in [1.165, 1.54) is 53.7 Å². The van der Waals surface area contributed by atoms with Crippen molar-refractivity contribution in [2.75, 3.05) is 0 Å². The van der Waals surface area contributed by atoms with E-state index in [2.05, 4.69) is 0 Å². The number of allylic oxidation sites excluding steroid dienone is 4. The molecule has 6 nitrogen and oxygen atoms in total. The number of rotatable bonds is 4. The summed E-state index contributed by atoms with van der Waals surface area (Å²) < 4.78 is 0. The monoisotopic (exact) mass is 351 g/mol. The number of aliphatic hydroxyl groups excluding tert-OH is 2. The van der Waals surface area contributed by atoms with E-state index < -0.39 is 0 Å². The molecule has 1 radical (unpaired) electrons. The SMILES string of the molecule is CC(=O)C=C(C)O.CC(=O)C=C(C)O.CC(=O)CC(C)=O.[V]. The zero-order chi connectivity index (χ0) is 17.6. The molecule has 0 aliphatic carbocycles. The van der Waals surface area contributed by atoms with E-state index >= 15 is 0 Å². The first kappa shape index (κ1) is 28.5. The van der Waals surface area contributed by atoms with Crippen LogP contribution < -0.4 is 0 Å². The third kappa shape index (κ3) is 51.6. The molecule has 2 N–H and O–H groups in total. The third-order valence-electron chi connectivity index (χ3n) is 1.32. The number of carbonyl (C=O) groups is 4. The molecule has 0 aromatic rings. The average molecular weight is 351 g/mol. The fourth-order valence-corrected chi connectivity index (χ4v) is 0.939. The molecule has 0 saturated heterocycles. The van der Waals surface area contributed by atoms with E-state index in [0.29, 0.717) is 0 Å². The summed E-state index contributed by atoms with van der Waals surface area (Å²) >= 11 is 0. The second-order valence-corrected chi connectivity index (χ2v) is 4.37. The van der Waals surface area contributed by atoms with Crippen molar-refractivity contribution in [3.63, 3.8) is 0 Å². The molecule has 0 heterocycles. The van der Waals surface area contributed by atoms with E-state index in [1.807, 2.05) is 0 Å². The van der Waals surface area contributed by atoms with Crippen LogP contribution >= 0.6 is 0 Å². The van der Waals surface area contributed by atoms with Crippen LogP contribution in [0.1, 0.15) is 48.0 Å². The van der Waals surface area contributed by atoms with Crippen molar-refractivity contribution in [2.45, 2.75) is 48.0 Å². The quantitative estimate of drug-likeness (QED) is 0.458. The zero-order valence-electron chi connectivity index (χ0n) is 13.8. The second-order valence-electron chi connectivity index (χ2n) is 4.37. The van der Waals surface area contributed by atoms with Gasteiger partial charge in [-0.15, -0.1) is 0 Å². The molecule has 125 valence electrons. The van der Waals surface area contributed by atoms with Crippen molar-refractivity contribution in [1.82, 2.24) is 0 Å². The summed E-state index contributed by atoms with van der Waals surface area (Å²) in [5.74, 6) is -0.250. The molecule has 0 rings (SSSR count). The first-order valence-corrected chi connectivity index (χ1v) is 6.13. The molecule has 0 unspecified atom stereocenters. The smallest absolute Gasteiger partial charge is 0.155 e. The van der Waals surface area contributed by atoms with Gasteiger partial charge >= 0.3 is 0 Å². The molecule has 0 aromatic heterocycles. The maximum absolute atomic E-state index is 10.0. The maximum atomic E-state index is 10.0. The molecular weight excluding hydrogens is 327 g/mol. The van der Waals surface area contributed by atoms with Crippen LogP contribution in [-0.2, 0) is 37.7 Å². The van der Waals surface area contributed by atoms with Crippen molar-refractivity contribution in [2.24, 2.45) is 0 Å². The molecule has 0 bridgehead atoms. The second kappa shape index (κ2) is 17.4. The summed E-state index contributed by atoms with van der Waals surface area (Å²) in [6, 6.07) is 0. The summed E-state index contributed by atoms with van der Waals surface area (Å²) in [6.07, 6.45) is 2.42. The molecule has 7 heteroatoms. The van der Waals surface area contributed by atoms with Crippen molar-refractivity contribution < 1.29 is 47.9 Å².